The van der Waals surface area contributed by atoms with Gasteiger partial charge in [0, 0.05) is 6.92 Å². The Hall–Kier alpha value is -1.22. The number of hydrogen-bond acceptors (Lipinski definition) is 11. The summed E-state index contributed by atoms with van der Waals surface area (Å²) in [6.07, 6.45) is -10.7. The van der Waals surface area contributed by atoms with Crippen molar-refractivity contribution in [1.29, 1.82) is 0 Å². The van der Waals surface area contributed by atoms with Crippen LogP contribution in [-0.4, -0.2) is 111 Å². The molecule has 1 rings (SSSR count). The number of ether oxygens (including phenoxy) is 2. The number of hydrogen-bond donors (Lipinski definition) is 8. The molecule has 0 saturated carbocycles. The molecule has 1 heterocycles. The van der Waals surface area contributed by atoms with Crippen molar-refractivity contribution in [2.24, 2.45) is 5.73 Å². The number of amides is 1. The number of rotatable bonds is 9. The van der Waals surface area contributed by atoms with E-state index < -0.39 is 74.1 Å². The molecule has 12 nitrogen and oxygen atoms in total. The molecule has 9 atom stereocenters. The van der Waals surface area contributed by atoms with E-state index in [1.54, 1.807) is 0 Å². The van der Waals surface area contributed by atoms with Gasteiger partial charge in [-0.25, -0.2) is 0 Å². The number of aldehydes is 1. The zero-order chi connectivity index (χ0) is 20.0. The van der Waals surface area contributed by atoms with E-state index in [1.165, 1.54) is 0 Å². The second-order valence-corrected chi connectivity index (χ2v) is 5.99. The Morgan fingerprint density at radius 3 is 2.38 bits per heavy atom. The molecule has 0 radical (unpaired) electrons. The lowest BCUT2D eigenvalue weighted by atomic mass is 9.97. The molecule has 1 saturated heterocycles. The highest BCUT2D eigenvalue weighted by molar-refractivity contribution is 5.77. The normalized spacial score (nSPS) is 33.8. The van der Waals surface area contributed by atoms with Gasteiger partial charge in [-0.1, -0.05) is 0 Å². The molecule has 9 N–H and O–H groups in total. The van der Waals surface area contributed by atoms with Crippen LogP contribution in [0.4, 0.5) is 0 Å². The molecule has 1 aliphatic rings. The standard InChI is InChI=1S/C14H26N2O10/c1-5(20)16-6(2-17)10(22)13(7(21)3-18)26-14-9(15)12(24)11(23)8(4-19)25-14/h2,6-14,18-19,21-24H,3-4,15H2,1H3,(H,16,20)/t6-,7-,8-,9+,10-,11-,12-,13-,14+/m1/s1. The molecule has 0 aromatic heterocycles. The summed E-state index contributed by atoms with van der Waals surface area (Å²) >= 11 is 0. The highest BCUT2D eigenvalue weighted by Gasteiger charge is 2.46. The van der Waals surface area contributed by atoms with Crippen LogP contribution in [0.5, 0.6) is 0 Å². The van der Waals surface area contributed by atoms with Gasteiger partial charge in [0.1, 0.15) is 49.0 Å². The van der Waals surface area contributed by atoms with Crippen LogP contribution in [0.15, 0.2) is 0 Å². The molecule has 0 bridgehead atoms. The first-order valence-electron chi connectivity index (χ1n) is 7.90. The van der Waals surface area contributed by atoms with Crippen molar-refractivity contribution in [1.82, 2.24) is 5.32 Å². The van der Waals surface area contributed by atoms with Gasteiger partial charge in [-0.2, -0.15) is 0 Å². The summed E-state index contributed by atoms with van der Waals surface area (Å²) in [5, 5.41) is 60.3. The first-order chi connectivity index (χ1) is 12.2. The fourth-order valence-corrected chi connectivity index (χ4v) is 2.52. The zero-order valence-corrected chi connectivity index (χ0v) is 14.1. The van der Waals surface area contributed by atoms with E-state index in [0.29, 0.717) is 0 Å². The van der Waals surface area contributed by atoms with Gasteiger partial charge in [-0.3, -0.25) is 4.79 Å². The van der Waals surface area contributed by atoms with Crippen molar-refractivity contribution in [3.05, 3.63) is 0 Å². The first kappa shape index (κ1) is 22.8. The minimum atomic E-state index is -1.80. The maximum Gasteiger partial charge on any atom is 0.217 e. The second-order valence-electron chi connectivity index (χ2n) is 5.99. The monoisotopic (exact) mass is 382 g/mol. The number of nitrogens with one attached hydrogen (secondary N) is 1. The van der Waals surface area contributed by atoms with E-state index in [0.717, 1.165) is 6.92 Å². The molecular formula is C14H26N2O10. The number of carbonyl (C=O) groups is 2. The minimum absolute atomic E-state index is 0.212. The second kappa shape index (κ2) is 10.2. The van der Waals surface area contributed by atoms with Crippen molar-refractivity contribution in [3.63, 3.8) is 0 Å². The van der Waals surface area contributed by atoms with Crippen LogP contribution in [0.2, 0.25) is 0 Å². The summed E-state index contributed by atoms with van der Waals surface area (Å²) in [6, 6.07) is -2.80. The van der Waals surface area contributed by atoms with Gasteiger partial charge in [-0.15, -0.1) is 0 Å². The molecule has 152 valence electrons. The van der Waals surface area contributed by atoms with Crippen molar-refractivity contribution in [2.75, 3.05) is 13.2 Å². The van der Waals surface area contributed by atoms with Gasteiger partial charge < -0.3 is 56.0 Å². The van der Waals surface area contributed by atoms with Crippen LogP contribution in [0.25, 0.3) is 0 Å². The zero-order valence-electron chi connectivity index (χ0n) is 14.1. The van der Waals surface area contributed by atoms with E-state index in [1.807, 2.05) is 0 Å². The Kier molecular flexibility index (Phi) is 8.95. The van der Waals surface area contributed by atoms with Gasteiger partial charge in [0.25, 0.3) is 0 Å². The van der Waals surface area contributed by atoms with Crippen LogP contribution in [-0.2, 0) is 19.1 Å². The summed E-state index contributed by atoms with van der Waals surface area (Å²) in [7, 11) is 0. The molecule has 0 aromatic rings. The van der Waals surface area contributed by atoms with Gasteiger partial charge in [0.2, 0.25) is 5.91 Å². The molecule has 1 aliphatic heterocycles. The lowest BCUT2D eigenvalue weighted by molar-refractivity contribution is -0.295. The Labute approximate surface area is 149 Å². The van der Waals surface area contributed by atoms with Gasteiger partial charge in [-0.05, 0) is 0 Å². The minimum Gasteiger partial charge on any atom is -0.394 e. The molecule has 0 unspecified atom stereocenters. The van der Waals surface area contributed by atoms with Crippen molar-refractivity contribution in [2.45, 2.75) is 61.9 Å². The summed E-state index contributed by atoms with van der Waals surface area (Å²) in [5.41, 5.74) is 5.70. The summed E-state index contributed by atoms with van der Waals surface area (Å²) in [4.78, 5) is 22.2. The van der Waals surface area contributed by atoms with E-state index in [9.17, 15) is 35.1 Å². The van der Waals surface area contributed by atoms with E-state index in [-0.39, 0.29) is 6.29 Å². The van der Waals surface area contributed by atoms with Crippen molar-refractivity contribution in [3.8, 4) is 0 Å². The first-order valence-corrected chi connectivity index (χ1v) is 7.90. The third-order valence-electron chi connectivity index (χ3n) is 4.01. The fourth-order valence-electron chi connectivity index (χ4n) is 2.52. The van der Waals surface area contributed by atoms with Crippen molar-refractivity contribution < 1.29 is 49.7 Å². The number of aliphatic hydroxyl groups is 6. The quantitative estimate of drug-likeness (QED) is 0.176. The van der Waals surface area contributed by atoms with Crippen LogP contribution >= 0.6 is 0 Å². The van der Waals surface area contributed by atoms with Gasteiger partial charge >= 0.3 is 0 Å². The van der Waals surface area contributed by atoms with Gasteiger partial charge in [0.05, 0.1) is 19.3 Å². The number of nitrogens with two attached hydrogens (primary N) is 1. The third kappa shape index (κ3) is 5.39. The van der Waals surface area contributed by atoms with Crippen molar-refractivity contribution >= 4 is 12.2 Å². The highest BCUT2D eigenvalue weighted by atomic mass is 16.7. The van der Waals surface area contributed by atoms with E-state index in [2.05, 4.69) is 5.32 Å². The Morgan fingerprint density at radius 1 is 1.31 bits per heavy atom. The Balaban J connectivity index is 2.99. The topological polar surface area (TPSA) is 212 Å². The van der Waals surface area contributed by atoms with Crippen LogP contribution in [0, 0.1) is 0 Å². The van der Waals surface area contributed by atoms with Crippen LogP contribution in [0.3, 0.4) is 0 Å². The average molecular weight is 382 g/mol. The van der Waals surface area contributed by atoms with E-state index >= 15 is 0 Å². The average Bonchev–Trinajstić information content (AvgIpc) is 2.62. The molecule has 0 aromatic carbocycles. The molecular weight excluding hydrogens is 356 g/mol. The molecule has 0 spiro atoms. The lowest BCUT2D eigenvalue weighted by Crippen LogP contribution is -2.64. The molecule has 12 heteroatoms. The molecule has 1 fully saturated rings. The Bertz CT molecular complexity index is 465. The van der Waals surface area contributed by atoms with E-state index in [4.69, 9.17) is 20.3 Å². The Morgan fingerprint density at radius 2 is 1.92 bits per heavy atom. The number of aliphatic hydroxyl groups excluding tert-OH is 6. The smallest absolute Gasteiger partial charge is 0.217 e. The SMILES string of the molecule is CC(=O)N[C@H](C=O)[C@@H](O)[C@H](O[C@@H]1O[C@H](CO)[C@@H](O)[C@H](O)[C@@H]1N)[C@H](O)CO. The fraction of sp³-hybridized carbons (Fsp3) is 0.857. The van der Waals surface area contributed by atoms with Crippen LogP contribution < -0.4 is 11.1 Å². The lowest BCUT2D eigenvalue weighted by Gasteiger charge is -2.43. The highest BCUT2D eigenvalue weighted by Crippen LogP contribution is 2.23. The largest absolute Gasteiger partial charge is 0.394 e. The summed E-state index contributed by atoms with van der Waals surface area (Å²) in [6.45, 7) is -0.446. The maximum absolute atomic E-state index is 11.1. The number of carbonyl (C=O) groups excluding carboxylic acids is 2. The maximum atomic E-state index is 11.1. The molecule has 0 aliphatic carbocycles. The van der Waals surface area contributed by atoms with Crippen LogP contribution in [0.1, 0.15) is 6.92 Å². The third-order valence-corrected chi connectivity index (χ3v) is 4.01. The molecule has 1 amide bonds. The predicted octanol–water partition coefficient (Wildman–Crippen LogP) is -5.44. The summed E-state index contributed by atoms with van der Waals surface area (Å²) in [5.74, 6) is -0.636. The summed E-state index contributed by atoms with van der Waals surface area (Å²) < 4.78 is 10.5. The van der Waals surface area contributed by atoms with Gasteiger partial charge in [0.15, 0.2) is 6.29 Å². The predicted molar refractivity (Wildman–Crippen MR) is 83.4 cm³/mol. The molecule has 26 heavy (non-hydrogen) atoms.